The molecule has 0 heterocycles. The highest BCUT2D eigenvalue weighted by molar-refractivity contribution is 5.74. The largest absolute Gasteiger partial charge is 0.150 e. The van der Waals surface area contributed by atoms with E-state index in [9.17, 15) is 4.91 Å². The zero-order valence-electron chi connectivity index (χ0n) is 8.52. The van der Waals surface area contributed by atoms with Gasteiger partial charge in [0.15, 0.2) is 0 Å². The lowest BCUT2D eigenvalue weighted by Crippen LogP contribution is -1.87. The van der Waals surface area contributed by atoms with Crippen LogP contribution in [0.3, 0.4) is 0 Å². The summed E-state index contributed by atoms with van der Waals surface area (Å²) in [6, 6.07) is 8.00. The number of benzene rings is 1. The summed E-state index contributed by atoms with van der Waals surface area (Å²) >= 11 is 0. The predicted octanol–water partition coefficient (Wildman–Crippen LogP) is 3.69. The van der Waals surface area contributed by atoms with E-state index >= 15 is 0 Å². The molecule has 0 amide bonds. The molecule has 0 atom stereocenters. The fourth-order valence-corrected chi connectivity index (χ4v) is 1.70. The zero-order valence-corrected chi connectivity index (χ0v) is 8.52. The Balaban J connectivity index is 2.19. The smallest absolute Gasteiger partial charge is 0.106 e. The molecule has 0 unspecified atom stereocenters. The van der Waals surface area contributed by atoms with E-state index in [4.69, 9.17) is 0 Å². The third-order valence-corrected chi connectivity index (χ3v) is 2.53. The Bertz CT molecular complexity index is 401. The van der Waals surface area contributed by atoms with Gasteiger partial charge in [0.05, 0.1) is 0 Å². The Morgan fingerprint density at radius 1 is 1.13 bits per heavy atom. The maximum absolute atomic E-state index is 10.1. The van der Waals surface area contributed by atoms with E-state index in [-0.39, 0.29) is 6.54 Å². The summed E-state index contributed by atoms with van der Waals surface area (Å²) in [5.41, 5.74) is 3.45. The molecule has 2 nitrogen and oxygen atoms in total. The summed E-state index contributed by atoms with van der Waals surface area (Å²) in [7, 11) is 0. The van der Waals surface area contributed by atoms with Gasteiger partial charge in [-0.1, -0.05) is 47.7 Å². The molecule has 1 aliphatic carbocycles. The fraction of sp³-hybridized carbons (Fsp3) is 0.231. The van der Waals surface area contributed by atoms with Crippen molar-refractivity contribution < 1.29 is 0 Å². The van der Waals surface area contributed by atoms with Gasteiger partial charge in [0, 0.05) is 0 Å². The van der Waals surface area contributed by atoms with Crippen LogP contribution < -0.4 is 0 Å². The maximum atomic E-state index is 10.1. The van der Waals surface area contributed by atoms with E-state index < -0.39 is 0 Å². The SMILES string of the molecule is O=NCc1ccc(C2=CCCC=C2)cc1. The molecule has 0 spiro atoms. The summed E-state index contributed by atoms with van der Waals surface area (Å²) in [5.74, 6) is 0. The van der Waals surface area contributed by atoms with Gasteiger partial charge in [-0.05, 0) is 29.5 Å². The van der Waals surface area contributed by atoms with Crippen LogP contribution in [0.25, 0.3) is 5.57 Å². The molecular weight excluding hydrogens is 186 g/mol. The van der Waals surface area contributed by atoms with E-state index in [1.54, 1.807) is 0 Å². The highest BCUT2D eigenvalue weighted by Crippen LogP contribution is 2.21. The monoisotopic (exact) mass is 199 g/mol. The van der Waals surface area contributed by atoms with Crippen LogP contribution in [-0.2, 0) is 6.54 Å². The molecule has 0 radical (unpaired) electrons. The standard InChI is InChI=1S/C13H13NO/c15-14-10-11-6-8-13(9-7-11)12-4-2-1-3-5-12/h2,4-9H,1,3,10H2. The first-order chi connectivity index (χ1) is 7.40. The van der Waals surface area contributed by atoms with Gasteiger partial charge in [-0.2, -0.15) is 4.91 Å². The lowest BCUT2D eigenvalue weighted by molar-refractivity contribution is 1.04. The molecule has 1 aliphatic rings. The predicted molar refractivity (Wildman–Crippen MR) is 62.3 cm³/mol. The molecule has 0 aliphatic heterocycles. The van der Waals surface area contributed by atoms with Crippen LogP contribution in [0, 0.1) is 4.91 Å². The minimum atomic E-state index is 0.259. The molecular formula is C13H13NO. The molecule has 2 heteroatoms. The van der Waals surface area contributed by atoms with Gasteiger partial charge < -0.3 is 0 Å². The summed E-state index contributed by atoms with van der Waals surface area (Å²) in [6.45, 7) is 0.259. The van der Waals surface area contributed by atoms with Crippen LogP contribution in [0.15, 0.2) is 47.7 Å². The maximum Gasteiger partial charge on any atom is 0.106 e. The van der Waals surface area contributed by atoms with Crippen LogP contribution >= 0.6 is 0 Å². The van der Waals surface area contributed by atoms with Crippen molar-refractivity contribution in [3.8, 4) is 0 Å². The number of rotatable bonds is 3. The second-order valence-electron chi connectivity index (χ2n) is 3.62. The molecule has 0 saturated heterocycles. The topological polar surface area (TPSA) is 29.4 Å². The first-order valence-corrected chi connectivity index (χ1v) is 5.15. The molecule has 0 bridgehead atoms. The molecule has 2 rings (SSSR count). The van der Waals surface area contributed by atoms with E-state index in [2.05, 4.69) is 23.4 Å². The molecule has 1 aromatic rings. The molecule has 0 N–H and O–H groups in total. The highest BCUT2D eigenvalue weighted by Gasteiger charge is 2.01. The molecule has 0 saturated carbocycles. The first kappa shape index (κ1) is 9.84. The van der Waals surface area contributed by atoms with Gasteiger partial charge in [0.1, 0.15) is 6.54 Å². The van der Waals surface area contributed by atoms with E-state index in [0.717, 1.165) is 18.4 Å². The van der Waals surface area contributed by atoms with Crippen molar-refractivity contribution >= 4 is 5.57 Å². The number of allylic oxidation sites excluding steroid dienone is 4. The van der Waals surface area contributed by atoms with Crippen molar-refractivity contribution in [1.82, 2.24) is 0 Å². The molecule has 1 aromatic carbocycles. The second kappa shape index (κ2) is 4.69. The third-order valence-electron chi connectivity index (χ3n) is 2.53. The van der Waals surface area contributed by atoms with Gasteiger partial charge >= 0.3 is 0 Å². The Morgan fingerprint density at radius 2 is 1.93 bits per heavy atom. The quantitative estimate of drug-likeness (QED) is 0.682. The van der Waals surface area contributed by atoms with E-state index in [1.807, 2.05) is 24.3 Å². The van der Waals surface area contributed by atoms with Crippen molar-refractivity contribution in [3.05, 3.63) is 58.5 Å². The van der Waals surface area contributed by atoms with Crippen LogP contribution in [0.2, 0.25) is 0 Å². The normalized spacial score (nSPS) is 14.8. The van der Waals surface area contributed by atoms with Crippen LogP contribution in [0.1, 0.15) is 24.0 Å². The van der Waals surface area contributed by atoms with Gasteiger partial charge in [-0.3, -0.25) is 0 Å². The fourth-order valence-electron chi connectivity index (χ4n) is 1.70. The summed E-state index contributed by atoms with van der Waals surface area (Å²) in [5, 5.41) is 2.87. The molecule has 15 heavy (non-hydrogen) atoms. The summed E-state index contributed by atoms with van der Waals surface area (Å²) < 4.78 is 0. The lowest BCUT2D eigenvalue weighted by Gasteiger charge is -2.07. The third kappa shape index (κ3) is 2.40. The Kier molecular flexibility index (Phi) is 3.08. The van der Waals surface area contributed by atoms with Gasteiger partial charge in [-0.25, -0.2) is 0 Å². The molecule has 76 valence electrons. The van der Waals surface area contributed by atoms with Gasteiger partial charge in [0.2, 0.25) is 0 Å². The zero-order chi connectivity index (χ0) is 10.5. The van der Waals surface area contributed by atoms with E-state index in [0.29, 0.717) is 0 Å². The average molecular weight is 199 g/mol. The Morgan fingerprint density at radius 3 is 2.53 bits per heavy atom. The van der Waals surface area contributed by atoms with Crippen molar-refractivity contribution in [3.63, 3.8) is 0 Å². The number of nitrogens with zero attached hydrogens (tertiary/aromatic N) is 1. The molecule has 0 aromatic heterocycles. The second-order valence-corrected chi connectivity index (χ2v) is 3.62. The van der Waals surface area contributed by atoms with Crippen LogP contribution in [0.4, 0.5) is 0 Å². The summed E-state index contributed by atoms with van der Waals surface area (Å²) in [4.78, 5) is 10.1. The summed E-state index contributed by atoms with van der Waals surface area (Å²) in [6.07, 6.45) is 8.83. The average Bonchev–Trinajstić information content (AvgIpc) is 2.32. The van der Waals surface area contributed by atoms with E-state index in [1.165, 1.54) is 11.1 Å². The van der Waals surface area contributed by atoms with Crippen molar-refractivity contribution in [2.24, 2.45) is 5.18 Å². The van der Waals surface area contributed by atoms with Crippen molar-refractivity contribution in [2.75, 3.05) is 0 Å². The first-order valence-electron chi connectivity index (χ1n) is 5.15. The Labute approximate surface area is 89.3 Å². The Hall–Kier alpha value is -1.70. The van der Waals surface area contributed by atoms with Crippen LogP contribution in [-0.4, -0.2) is 0 Å². The van der Waals surface area contributed by atoms with Gasteiger partial charge in [0.25, 0.3) is 0 Å². The highest BCUT2D eigenvalue weighted by atomic mass is 16.3. The minimum Gasteiger partial charge on any atom is -0.150 e. The minimum absolute atomic E-state index is 0.259. The van der Waals surface area contributed by atoms with Crippen LogP contribution in [0.5, 0.6) is 0 Å². The van der Waals surface area contributed by atoms with Crippen molar-refractivity contribution in [2.45, 2.75) is 19.4 Å². The number of hydrogen-bond donors (Lipinski definition) is 0. The van der Waals surface area contributed by atoms with Gasteiger partial charge in [-0.15, -0.1) is 0 Å². The van der Waals surface area contributed by atoms with Crippen molar-refractivity contribution in [1.29, 1.82) is 0 Å². The molecule has 0 fully saturated rings. The lowest BCUT2D eigenvalue weighted by atomic mass is 9.99. The number of hydrogen-bond acceptors (Lipinski definition) is 2. The number of nitroso groups, excluding NO2 is 1.